The smallest absolute Gasteiger partial charge is 0.179 e. The van der Waals surface area contributed by atoms with E-state index >= 15 is 0 Å². The zero-order valence-electron chi connectivity index (χ0n) is 8.04. The molecule has 4 nitrogen and oxygen atoms in total. The van der Waals surface area contributed by atoms with E-state index in [0.717, 1.165) is 22.8 Å². The van der Waals surface area contributed by atoms with Crippen LogP contribution in [0.1, 0.15) is 18.7 Å². The van der Waals surface area contributed by atoms with Crippen LogP contribution in [0.4, 0.5) is 5.82 Å². The highest BCUT2D eigenvalue weighted by Crippen LogP contribution is 2.24. The lowest BCUT2D eigenvalue weighted by Gasteiger charge is -2.01. The summed E-state index contributed by atoms with van der Waals surface area (Å²) in [6.07, 6.45) is 2.53. The van der Waals surface area contributed by atoms with Crippen molar-refractivity contribution >= 4 is 17.0 Å². The van der Waals surface area contributed by atoms with Gasteiger partial charge in [0, 0.05) is 6.04 Å². The number of anilines is 1. The molecule has 4 heteroatoms. The van der Waals surface area contributed by atoms with Gasteiger partial charge in [-0.05, 0) is 31.9 Å². The largest absolute Gasteiger partial charge is 0.367 e. The molecule has 1 fully saturated rings. The number of fused-ring (bicyclic) bond motifs is 1. The Hall–Kier alpha value is -1.58. The average molecular weight is 188 g/mol. The molecule has 2 aromatic heterocycles. The number of hydrogen-bond acceptors (Lipinski definition) is 3. The van der Waals surface area contributed by atoms with Crippen LogP contribution in [0.2, 0.25) is 0 Å². The maximum Gasteiger partial charge on any atom is 0.179 e. The second-order valence-corrected chi connectivity index (χ2v) is 3.81. The van der Waals surface area contributed by atoms with Gasteiger partial charge in [-0.1, -0.05) is 0 Å². The summed E-state index contributed by atoms with van der Waals surface area (Å²) < 4.78 is 0. The number of hydrogen-bond donors (Lipinski definition) is 2. The van der Waals surface area contributed by atoms with Crippen LogP contribution < -0.4 is 5.32 Å². The van der Waals surface area contributed by atoms with Gasteiger partial charge in [0.25, 0.3) is 0 Å². The van der Waals surface area contributed by atoms with Crippen LogP contribution in [0.3, 0.4) is 0 Å². The molecule has 14 heavy (non-hydrogen) atoms. The Kier molecular flexibility index (Phi) is 1.50. The molecule has 1 saturated carbocycles. The summed E-state index contributed by atoms with van der Waals surface area (Å²) in [5, 5.41) is 3.35. The Morgan fingerprint density at radius 2 is 2.21 bits per heavy atom. The number of pyridine rings is 1. The normalized spacial score (nSPS) is 16.1. The van der Waals surface area contributed by atoms with Crippen molar-refractivity contribution in [2.75, 3.05) is 5.32 Å². The maximum atomic E-state index is 4.42. The molecule has 0 aromatic carbocycles. The molecule has 0 amide bonds. The highest BCUT2D eigenvalue weighted by atomic mass is 15.1. The first-order chi connectivity index (χ1) is 6.81. The van der Waals surface area contributed by atoms with Crippen molar-refractivity contribution in [3.05, 3.63) is 18.0 Å². The molecule has 0 bridgehead atoms. The van der Waals surface area contributed by atoms with Gasteiger partial charge in [-0.15, -0.1) is 0 Å². The molecule has 3 rings (SSSR count). The van der Waals surface area contributed by atoms with Crippen LogP contribution in [0.25, 0.3) is 11.2 Å². The summed E-state index contributed by atoms with van der Waals surface area (Å²) >= 11 is 0. The SMILES string of the molecule is Cc1nc2nc(NC3CC3)ccc2[nH]1. The molecule has 2 aromatic rings. The van der Waals surface area contributed by atoms with E-state index in [1.165, 1.54) is 12.8 Å². The number of nitrogens with one attached hydrogen (secondary N) is 2. The van der Waals surface area contributed by atoms with E-state index in [0.29, 0.717) is 6.04 Å². The molecule has 0 aliphatic heterocycles. The lowest BCUT2D eigenvalue weighted by molar-refractivity contribution is 1.12. The molecule has 0 radical (unpaired) electrons. The van der Waals surface area contributed by atoms with Gasteiger partial charge in [0.05, 0.1) is 5.52 Å². The number of nitrogens with zero attached hydrogens (tertiary/aromatic N) is 2. The molecule has 0 saturated heterocycles. The van der Waals surface area contributed by atoms with E-state index in [1.54, 1.807) is 0 Å². The first-order valence-corrected chi connectivity index (χ1v) is 4.91. The molecule has 0 atom stereocenters. The zero-order valence-corrected chi connectivity index (χ0v) is 8.04. The minimum atomic E-state index is 0.639. The molecule has 0 unspecified atom stereocenters. The number of imidazole rings is 1. The monoisotopic (exact) mass is 188 g/mol. The first-order valence-electron chi connectivity index (χ1n) is 4.91. The van der Waals surface area contributed by atoms with Gasteiger partial charge in [-0.3, -0.25) is 0 Å². The number of rotatable bonds is 2. The Morgan fingerprint density at radius 3 is 3.00 bits per heavy atom. The predicted octanol–water partition coefficient (Wildman–Crippen LogP) is 1.84. The third kappa shape index (κ3) is 1.32. The summed E-state index contributed by atoms with van der Waals surface area (Å²) in [4.78, 5) is 11.9. The first kappa shape index (κ1) is 7.79. The van der Waals surface area contributed by atoms with Gasteiger partial charge < -0.3 is 10.3 Å². The summed E-state index contributed by atoms with van der Waals surface area (Å²) in [5.74, 6) is 1.85. The van der Waals surface area contributed by atoms with Crippen LogP contribution in [0.15, 0.2) is 12.1 Å². The molecule has 2 heterocycles. The van der Waals surface area contributed by atoms with Crippen LogP contribution in [-0.2, 0) is 0 Å². The van der Waals surface area contributed by atoms with E-state index < -0.39 is 0 Å². The van der Waals surface area contributed by atoms with E-state index in [1.807, 2.05) is 19.1 Å². The molecule has 1 aliphatic rings. The second-order valence-electron chi connectivity index (χ2n) is 3.81. The van der Waals surface area contributed by atoms with E-state index in [2.05, 4.69) is 20.3 Å². The van der Waals surface area contributed by atoms with E-state index in [9.17, 15) is 0 Å². The average Bonchev–Trinajstić information content (AvgIpc) is 2.86. The number of aromatic amines is 1. The molecule has 1 aliphatic carbocycles. The van der Waals surface area contributed by atoms with E-state index in [4.69, 9.17) is 0 Å². The number of aromatic nitrogens is 3. The highest BCUT2D eigenvalue weighted by molar-refractivity contribution is 5.72. The minimum absolute atomic E-state index is 0.639. The van der Waals surface area contributed by atoms with Crippen molar-refractivity contribution in [2.24, 2.45) is 0 Å². The summed E-state index contributed by atoms with van der Waals surface area (Å²) in [6.45, 7) is 1.94. The molecule has 2 N–H and O–H groups in total. The Balaban J connectivity index is 2.00. The second kappa shape index (κ2) is 2.70. The van der Waals surface area contributed by atoms with Crippen molar-refractivity contribution < 1.29 is 0 Å². The zero-order chi connectivity index (χ0) is 9.54. The molecular formula is C10H12N4. The van der Waals surface area contributed by atoms with E-state index in [-0.39, 0.29) is 0 Å². The summed E-state index contributed by atoms with van der Waals surface area (Å²) in [7, 11) is 0. The third-order valence-corrected chi connectivity index (χ3v) is 2.39. The van der Waals surface area contributed by atoms with Gasteiger partial charge in [-0.2, -0.15) is 0 Å². The Morgan fingerprint density at radius 1 is 1.36 bits per heavy atom. The Labute approximate surface area is 81.8 Å². The quantitative estimate of drug-likeness (QED) is 0.756. The fourth-order valence-corrected chi connectivity index (χ4v) is 1.53. The Bertz CT molecular complexity index is 470. The minimum Gasteiger partial charge on any atom is -0.367 e. The lowest BCUT2D eigenvalue weighted by atomic mass is 10.4. The summed E-state index contributed by atoms with van der Waals surface area (Å²) in [5.41, 5.74) is 1.80. The third-order valence-electron chi connectivity index (χ3n) is 2.39. The van der Waals surface area contributed by atoms with Crippen LogP contribution in [0.5, 0.6) is 0 Å². The fourth-order valence-electron chi connectivity index (χ4n) is 1.53. The van der Waals surface area contributed by atoms with Gasteiger partial charge in [-0.25, -0.2) is 9.97 Å². The van der Waals surface area contributed by atoms with Crippen molar-refractivity contribution in [3.63, 3.8) is 0 Å². The van der Waals surface area contributed by atoms with Crippen LogP contribution in [0, 0.1) is 6.92 Å². The maximum absolute atomic E-state index is 4.42. The van der Waals surface area contributed by atoms with Crippen LogP contribution in [-0.4, -0.2) is 21.0 Å². The number of H-pyrrole nitrogens is 1. The molecule has 0 spiro atoms. The predicted molar refractivity (Wildman–Crippen MR) is 55.3 cm³/mol. The topological polar surface area (TPSA) is 53.6 Å². The number of aryl methyl sites for hydroxylation is 1. The van der Waals surface area contributed by atoms with Gasteiger partial charge in [0.1, 0.15) is 11.6 Å². The molecule has 72 valence electrons. The lowest BCUT2D eigenvalue weighted by Crippen LogP contribution is -2.02. The van der Waals surface area contributed by atoms with Gasteiger partial charge in [0.2, 0.25) is 0 Å². The van der Waals surface area contributed by atoms with Gasteiger partial charge in [0.15, 0.2) is 5.65 Å². The van der Waals surface area contributed by atoms with Crippen molar-refractivity contribution in [1.29, 1.82) is 0 Å². The highest BCUT2D eigenvalue weighted by Gasteiger charge is 2.21. The van der Waals surface area contributed by atoms with Crippen molar-refractivity contribution in [2.45, 2.75) is 25.8 Å². The summed E-state index contributed by atoms with van der Waals surface area (Å²) in [6, 6.07) is 4.66. The van der Waals surface area contributed by atoms with Crippen LogP contribution >= 0.6 is 0 Å². The van der Waals surface area contributed by atoms with Crippen molar-refractivity contribution in [1.82, 2.24) is 15.0 Å². The standard InChI is InChI=1S/C10H12N4/c1-6-11-8-4-5-9(13-7-2-3-7)14-10(8)12-6/h4-5,7H,2-3H2,1H3,(H2,11,12,13,14). The van der Waals surface area contributed by atoms with Gasteiger partial charge >= 0.3 is 0 Å². The molecular weight excluding hydrogens is 176 g/mol. The van der Waals surface area contributed by atoms with Crippen molar-refractivity contribution in [3.8, 4) is 0 Å². The fraction of sp³-hybridized carbons (Fsp3) is 0.400.